The van der Waals surface area contributed by atoms with Crippen LogP contribution in [0.2, 0.25) is 5.02 Å². The van der Waals surface area contributed by atoms with Gasteiger partial charge in [0.1, 0.15) is 0 Å². The number of carbonyl (C=O) groups excluding carboxylic acids is 1. The van der Waals surface area contributed by atoms with Crippen molar-refractivity contribution >= 4 is 23.2 Å². The van der Waals surface area contributed by atoms with E-state index in [2.05, 4.69) is 18.7 Å². The molecule has 0 unspecified atom stereocenters. The summed E-state index contributed by atoms with van der Waals surface area (Å²) in [5.41, 5.74) is 6.82. The van der Waals surface area contributed by atoms with Crippen LogP contribution in [-0.4, -0.2) is 47.9 Å². The number of amides is 1. The van der Waals surface area contributed by atoms with E-state index in [1.54, 1.807) is 18.2 Å². The summed E-state index contributed by atoms with van der Waals surface area (Å²) in [6.07, 6.45) is 2.08. The highest BCUT2D eigenvalue weighted by atomic mass is 35.5. The number of nitrogens with zero attached hydrogens (tertiary/aromatic N) is 2. The van der Waals surface area contributed by atoms with E-state index in [0.717, 1.165) is 39.0 Å². The number of nitrogen functional groups attached to an aromatic ring is 1. The first-order valence-corrected chi connectivity index (χ1v) is 8.03. The topological polar surface area (TPSA) is 49.6 Å². The third-order valence-electron chi connectivity index (χ3n) is 4.33. The summed E-state index contributed by atoms with van der Waals surface area (Å²) in [4.78, 5) is 16.9. The maximum absolute atomic E-state index is 12.5. The van der Waals surface area contributed by atoms with Gasteiger partial charge in [-0.1, -0.05) is 25.4 Å². The zero-order valence-electron chi connectivity index (χ0n) is 12.8. The third kappa shape index (κ3) is 3.69. The van der Waals surface area contributed by atoms with E-state index in [1.807, 2.05) is 4.90 Å². The second-order valence-electron chi connectivity index (χ2n) is 5.48. The maximum atomic E-state index is 12.5. The van der Waals surface area contributed by atoms with Crippen molar-refractivity contribution in [3.05, 3.63) is 28.8 Å². The minimum absolute atomic E-state index is 0.0508. The Labute approximate surface area is 131 Å². The van der Waals surface area contributed by atoms with E-state index in [4.69, 9.17) is 17.3 Å². The number of anilines is 1. The highest BCUT2D eigenvalue weighted by molar-refractivity contribution is 6.33. The molecule has 0 aliphatic carbocycles. The summed E-state index contributed by atoms with van der Waals surface area (Å²) < 4.78 is 0. The number of piperidine rings is 1. The number of halogens is 1. The molecule has 1 heterocycles. The Morgan fingerprint density at radius 2 is 1.95 bits per heavy atom. The van der Waals surface area contributed by atoms with Crippen LogP contribution in [0.4, 0.5) is 5.69 Å². The van der Waals surface area contributed by atoms with Crippen molar-refractivity contribution in [3.63, 3.8) is 0 Å². The molecule has 1 aliphatic heterocycles. The Kier molecular flexibility index (Phi) is 5.48. The first-order chi connectivity index (χ1) is 10.1. The van der Waals surface area contributed by atoms with E-state index < -0.39 is 0 Å². The van der Waals surface area contributed by atoms with Crippen molar-refractivity contribution in [2.24, 2.45) is 0 Å². The molecule has 4 nitrogen and oxygen atoms in total. The van der Waals surface area contributed by atoms with Crippen molar-refractivity contribution in [2.45, 2.75) is 32.7 Å². The van der Waals surface area contributed by atoms with Crippen LogP contribution in [0.5, 0.6) is 0 Å². The minimum atomic E-state index is 0.0508. The maximum Gasteiger partial charge on any atom is 0.253 e. The fourth-order valence-corrected chi connectivity index (χ4v) is 3.20. The number of likely N-dealkylation sites (tertiary alicyclic amines) is 1. The van der Waals surface area contributed by atoms with Crippen LogP contribution in [0.15, 0.2) is 18.2 Å². The molecule has 0 bridgehead atoms. The fraction of sp³-hybridized carbons (Fsp3) is 0.562. The molecule has 0 radical (unpaired) electrons. The Bertz CT molecular complexity index is 494. The SMILES string of the molecule is CCN(CC)C1CCN(C(=O)c2ccc(N)c(Cl)c2)CC1. The second kappa shape index (κ2) is 7.14. The van der Waals surface area contributed by atoms with Crippen LogP contribution in [-0.2, 0) is 0 Å². The average molecular weight is 310 g/mol. The quantitative estimate of drug-likeness (QED) is 0.870. The monoisotopic (exact) mass is 309 g/mol. The molecule has 1 fully saturated rings. The minimum Gasteiger partial charge on any atom is -0.398 e. The van der Waals surface area contributed by atoms with Crippen LogP contribution < -0.4 is 5.73 Å². The molecule has 1 amide bonds. The smallest absolute Gasteiger partial charge is 0.253 e. The van der Waals surface area contributed by atoms with Gasteiger partial charge in [0.25, 0.3) is 5.91 Å². The molecule has 1 aromatic rings. The summed E-state index contributed by atoms with van der Waals surface area (Å²) >= 11 is 6.00. The molecule has 0 saturated carbocycles. The molecule has 2 rings (SSSR count). The van der Waals surface area contributed by atoms with Crippen molar-refractivity contribution in [2.75, 3.05) is 31.9 Å². The van der Waals surface area contributed by atoms with Crippen LogP contribution in [0, 0.1) is 0 Å². The molecule has 21 heavy (non-hydrogen) atoms. The predicted octanol–water partition coefficient (Wildman–Crippen LogP) is 2.87. The number of carbonyl (C=O) groups is 1. The zero-order valence-corrected chi connectivity index (χ0v) is 13.6. The van der Waals surface area contributed by atoms with E-state index in [1.165, 1.54) is 0 Å². The Morgan fingerprint density at radius 3 is 2.48 bits per heavy atom. The molecule has 5 heteroatoms. The summed E-state index contributed by atoms with van der Waals surface area (Å²) in [6, 6.07) is 5.70. The molecule has 0 spiro atoms. The molecule has 116 valence electrons. The molecular weight excluding hydrogens is 286 g/mol. The van der Waals surface area contributed by atoms with Crippen molar-refractivity contribution < 1.29 is 4.79 Å². The second-order valence-corrected chi connectivity index (χ2v) is 5.89. The lowest BCUT2D eigenvalue weighted by molar-refractivity contribution is 0.0631. The van der Waals surface area contributed by atoms with E-state index in [0.29, 0.717) is 22.3 Å². The summed E-state index contributed by atoms with van der Waals surface area (Å²) in [5.74, 6) is 0.0508. The summed E-state index contributed by atoms with van der Waals surface area (Å²) in [6.45, 7) is 8.14. The number of nitrogens with two attached hydrogens (primary N) is 1. The number of hydrogen-bond acceptors (Lipinski definition) is 3. The van der Waals surface area contributed by atoms with Gasteiger partial charge in [0, 0.05) is 24.7 Å². The Morgan fingerprint density at radius 1 is 1.33 bits per heavy atom. The number of benzene rings is 1. The van der Waals surface area contributed by atoms with Crippen LogP contribution >= 0.6 is 11.6 Å². The standard InChI is InChI=1S/C16H24ClN3O/c1-3-19(4-2)13-7-9-20(10-8-13)16(21)12-5-6-15(18)14(17)11-12/h5-6,11,13H,3-4,7-10,18H2,1-2H3. The lowest BCUT2D eigenvalue weighted by atomic mass is 10.0. The van der Waals surface area contributed by atoms with Crippen LogP contribution in [0.25, 0.3) is 0 Å². The highest BCUT2D eigenvalue weighted by Gasteiger charge is 2.26. The Balaban J connectivity index is 1.98. The first kappa shape index (κ1) is 16.1. The van der Waals surface area contributed by atoms with Gasteiger partial charge in [-0.15, -0.1) is 0 Å². The number of rotatable bonds is 4. The molecule has 0 atom stereocenters. The van der Waals surface area contributed by atoms with Crippen molar-refractivity contribution in [1.29, 1.82) is 0 Å². The Hall–Kier alpha value is -1.26. The average Bonchev–Trinajstić information content (AvgIpc) is 2.51. The lowest BCUT2D eigenvalue weighted by Gasteiger charge is -2.37. The largest absolute Gasteiger partial charge is 0.398 e. The third-order valence-corrected chi connectivity index (χ3v) is 4.66. The summed E-state index contributed by atoms with van der Waals surface area (Å²) in [5, 5.41) is 0.443. The van der Waals surface area contributed by atoms with Crippen molar-refractivity contribution in [1.82, 2.24) is 9.80 Å². The molecule has 1 aromatic carbocycles. The van der Waals surface area contributed by atoms with Gasteiger partial charge in [-0.25, -0.2) is 0 Å². The van der Waals surface area contributed by atoms with Crippen molar-refractivity contribution in [3.8, 4) is 0 Å². The fourth-order valence-electron chi connectivity index (χ4n) is 3.02. The highest BCUT2D eigenvalue weighted by Crippen LogP contribution is 2.22. The zero-order chi connectivity index (χ0) is 15.4. The van der Waals surface area contributed by atoms with E-state index in [9.17, 15) is 4.79 Å². The van der Waals surface area contributed by atoms with Gasteiger partial charge in [-0.3, -0.25) is 4.79 Å². The molecule has 2 N–H and O–H groups in total. The van der Waals surface area contributed by atoms with Gasteiger partial charge in [-0.2, -0.15) is 0 Å². The number of hydrogen-bond donors (Lipinski definition) is 1. The first-order valence-electron chi connectivity index (χ1n) is 7.65. The molecule has 0 aromatic heterocycles. The normalized spacial score (nSPS) is 16.5. The predicted molar refractivity (Wildman–Crippen MR) is 87.7 cm³/mol. The van der Waals surface area contributed by atoms with E-state index >= 15 is 0 Å². The van der Waals surface area contributed by atoms with Gasteiger partial charge in [0.2, 0.25) is 0 Å². The lowest BCUT2D eigenvalue weighted by Crippen LogP contribution is -2.46. The van der Waals surface area contributed by atoms with Gasteiger partial charge in [-0.05, 0) is 44.1 Å². The van der Waals surface area contributed by atoms with Crippen LogP contribution in [0.1, 0.15) is 37.0 Å². The van der Waals surface area contributed by atoms with E-state index in [-0.39, 0.29) is 5.91 Å². The van der Waals surface area contributed by atoms with Gasteiger partial charge in [0.15, 0.2) is 0 Å². The molecule has 1 aliphatic rings. The van der Waals surface area contributed by atoms with Gasteiger partial charge < -0.3 is 15.5 Å². The molecular formula is C16H24ClN3O. The summed E-state index contributed by atoms with van der Waals surface area (Å²) in [7, 11) is 0. The van der Waals surface area contributed by atoms with Gasteiger partial charge >= 0.3 is 0 Å². The van der Waals surface area contributed by atoms with Gasteiger partial charge in [0.05, 0.1) is 10.7 Å². The molecule has 1 saturated heterocycles. The van der Waals surface area contributed by atoms with Crippen LogP contribution in [0.3, 0.4) is 0 Å².